The maximum Gasteiger partial charge on any atom is 0.334 e. The van der Waals surface area contributed by atoms with Crippen LogP contribution in [0.15, 0.2) is 51.9 Å². The lowest BCUT2D eigenvalue weighted by Crippen LogP contribution is -2.52. The summed E-state index contributed by atoms with van der Waals surface area (Å²) in [5, 5.41) is 19.8. The second-order valence-electron chi connectivity index (χ2n) is 13.0. The van der Waals surface area contributed by atoms with E-state index in [0.717, 1.165) is 22.4 Å². The van der Waals surface area contributed by atoms with Crippen LogP contribution in [0.4, 0.5) is 5.69 Å². The Kier molecular flexibility index (Phi) is 7.46. The van der Waals surface area contributed by atoms with E-state index in [9.17, 15) is 19.5 Å². The molecule has 0 radical (unpaired) electrons. The SMILES string of the molecule is COC(=O)[C@@H]1COC(c2nc3oc2C24c5ccccc5NC2Oc2ccc(cc24)CC(NC(=O)[C@@H](O)C(C)C)C(=O)N[C@H]3C(C)C)=N1. The maximum absolute atomic E-state index is 14.0. The monoisotopic (exact) mass is 643 g/mol. The summed E-state index contributed by atoms with van der Waals surface area (Å²) in [5.41, 5.74) is 2.43. The Hall–Kier alpha value is -4.91. The molecule has 4 aliphatic rings. The van der Waals surface area contributed by atoms with Crippen molar-refractivity contribution < 1.29 is 38.1 Å². The van der Waals surface area contributed by atoms with Crippen LogP contribution >= 0.6 is 0 Å². The fourth-order valence-corrected chi connectivity index (χ4v) is 6.77. The second-order valence-corrected chi connectivity index (χ2v) is 13.0. The summed E-state index contributed by atoms with van der Waals surface area (Å²) in [5.74, 6) is -0.895. The van der Waals surface area contributed by atoms with Crippen LogP contribution in [0.2, 0.25) is 0 Å². The summed E-state index contributed by atoms with van der Waals surface area (Å²) in [4.78, 5) is 48.9. The molecule has 0 fully saturated rings. The normalized spacial score (nSPS) is 26.0. The Morgan fingerprint density at radius 2 is 1.89 bits per heavy atom. The number of aromatic nitrogens is 1. The van der Waals surface area contributed by atoms with Crippen molar-refractivity contribution >= 4 is 29.4 Å². The number of aliphatic imine (C=N–C) groups is 1. The molecule has 5 heterocycles. The third-order valence-corrected chi connectivity index (χ3v) is 9.28. The highest BCUT2D eigenvalue weighted by Gasteiger charge is 2.61. The number of benzene rings is 2. The number of carbonyl (C=O) groups is 3. The molecule has 3 aromatic rings. The fourth-order valence-electron chi connectivity index (χ4n) is 6.77. The van der Waals surface area contributed by atoms with Crippen LogP contribution in [0, 0.1) is 11.8 Å². The van der Waals surface area contributed by atoms with Gasteiger partial charge in [0.05, 0.1) is 7.11 Å². The van der Waals surface area contributed by atoms with E-state index in [1.54, 1.807) is 13.8 Å². The summed E-state index contributed by atoms with van der Waals surface area (Å²) in [6.07, 6.45) is -1.79. The number of anilines is 1. The number of methoxy groups -OCH3 is 1. The van der Waals surface area contributed by atoms with E-state index >= 15 is 0 Å². The maximum atomic E-state index is 14.0. The lowest BCUT2D eigenvalue weighted by Gasteiger charge is -2.29. The van der Waals surface area contributed by atoms with Gasteiger partial charge in [-0.3, -0.25) is 9.59 Å². The van der Waals surface area contributed by atoms with Gasteiger partial charge < -0.3 is 39.7 Å². The number of esters is 1. The predicted octanol–water partition coefficient (Wildman–Crippen LogP) is 2.34. The fraction of sp³-hybridized carbons (Fsp3) is 0.441. The van der Waals surface area contributed by atoms with Gasteiger partial charge in [-0.1, -0.05) is 58.0 Å². The molecule has 2 aromatic carbocycles. The molecule has 0 saturated heterocycles. The molecule has 4 aliphatic heterocycles. The van der Waals surface area contributed by atoms with Crippen molar-refractivity contribution in [1.29, 1.82) is 0 Å². The number of carbonyl (C=O) groups excluding carboxylic acids is 3. The number of para-hydroxylation sites is 1. The van der Waals surface area contributed by atoms with Gasteiger partial charge >= 0.3 is 5.97 Å². The summed E-state index contributed by atoms with van der Waals surface area (Å²) in [7, 11) is 1.29. The summed E-state index contributed by atoms with van der Waals surface area (Å²) in [6, 6.07) is 10.8. The first kappa shape index (κ1) is 30.7. The Bertz CT molecular complexity index is 1800. The molecule has 6 atom stereocenters. The largest absolute Gasteiger partial charge is 0.473 e. The quantitative estimate of drug-likeness (QED) is 0.292. The third kappa shape index (κ3) is 4.82. The lowest BCUT2D eigenvalue weighted by atomic mass is 9.72. The van der Waals surface area contributed by atoms with Crippen molar-refractivity contribution in [3.8, 4) is 5.75 Å². The van der Waals surface area contributed by atoms with E-state index in [-0.39, 0.29) is 42.3 Å². The minimum Gasteiger partial charge on any atom is -0.473 e. The molecule has 246 valence electrons. The van der Waals surface area contributed by atoms with Crippen LogP contribution < -0.4 is 20.7 Å². The molecule has 4 N–H and O–H groups in total. The Labute approximate surface area is 271 Å². The minimum atomic E-state index is -1.29. The van der Waals surface area contributed by atoms with Crippen molar-refractivity contribution in [2.24, 2.45) is 16.8 Å². The number of aliphatic hydroxyl groups is 1. The highest BCUT2D eigenvalue weighted by Crippen LogP contribution is 2.58. The molecular weight excluding hydrogens is 606 g/mol. The van der Waals surface area contributed by atoms with Crippen LogP contribution in [-0.2, 0) is 35.7 Å². The smallest absolute Gasteiger partial charge is 0.334 e. The molecule has 47 heavy (non-hydrogen) atoms. The Morgan fingerprint density at radius 3 is 2.64 bits per heavy atom. The van der Waals surface area contributed by atoms with E-state index in [1.165, 1.54) is 7.11 Å². The van der Waals surface area contributed by atoms with Crippen LogP contribution in [0.25, 0.3) is 0 Å². The topological polar surface area (TPSA) is 174 Å². The van der Waals surface area contributed by atoms with Crippen LogP contribution in [0.3, 0.4) is 0 Å². The summed E-state index contributed by atoms with van der Waals surface area (Å²) in [6.45, 7) is 7.27. The predicted molar refractivity (Wildman–Crippen MR) is 168 cm³/mol. The molecule has 7 rings (SSSR count). The summed E-state index contributed by atoms with van der Waals surface area (Å²) < 4.78 is 24.2. The Balaban J connectivity index is 1.46. The average molecular weight is 644 g/mol. The number of amides is 2. The number of oxazole rings is 1. The zero-order valence-corrected chi connectivity index (χ0v) is 26.7. The van der Waals surface area contributed by atoms with Crippen LogP contribution in [-0.4, -0.2) is 71.9 Å². The molecule has 13 nitrogen and oxygen atoms in total. The van der Waals surface area contributed by atoms with E-state index in [0.29, 0.717) is 11.5 Å². The van der Waals surface area contributed by atoms with E-state index in [4.69, 9.17) is 23.6 Å². The van der Waals surface area contributed by atoms with E-state index in [1.807, 2.05) is 56.3 Å². The second kappa shape index (κ2) is 11.4. The van der Waals surface area contributed by atoms with Crippen molar-refractivity contribution in [2.75, 3.05) is 19.0 Å². The number of fused-ring (bicyclic) bond motifs is 4. The first-order chi connectivity index (χ1) is 22.5. The Morgan fingerprint density at radius 1 is 1.11 bits per heavy atom. The average Bonchev–Trinajstić information content (AvgIpc) is 3.83. The van der Waals surface area contributed by atoms with Gasteiger partial charge in [-0.15, -0.1) is 0 Å². The molecule has 1 spiro atoms. The number of nitrogens with zero attached hydrogens (tertiary/aromatic N) is 2. The number of nitrogens with one attached hydrogen (secondary N) is 3. The van der Waals surface area contributed by atoms with Gasteiger partial charge in [0, 0.05) is 17.7 Å². The van der Waals surface area contributed by atoms with Gasteiger partial charge in [-0.25, -0.2) is 14.8 Å². The molecule has 3 unspecified atom stereocenters. The van der Waals surface area contributed by atoms with Crippen LogP contribution in [0.5, 0.6) is 5.75 Å². The zero-order valence-electron chi connectivity index (χ0n) is 26.7. The van der Waals surface area contributed by atoms with Gasteiger partial charge in [0.15, 0.2) is 23.7 Å². The number of rotatable bonds is 6. The number of ether oxygens (including phenoxy) is 3. The van der Waals surface area contributed by atoms with Crippen molar-refractivity contribution in [3.05, 3.63) is 76.5 Å². The highest BCUT2D eigenvalue weighted by atomic mass is 16.5. The number of hydrogen-bond acceptors (Lipinski definition) is 11. The first-order valence-electron chi connectivity index (χ1n) is 15.8. The van der Waals surface area contributed by atoms with Gasteiger partial charge in [0.1, 0.15) is 36.0 Å². The molecular formula is C34H37N5O8. The van der Waals surface area contributed by atoms with Crippen molar-refractivity contribution in [3.63, 3.8) is 0 Å². The van der Waals surface area contributed by atoms with Crippen molar-refractivity contribution in [1.82, 2.24) is 15.6 Å². The van der Waals surface area contributed by atoms with Gasteiger partial charge in [-0.2, -0.15) is 0 Å². The number of hydrogen-bond donors (Lipinski definition) is 4. The zero-order chi connectivity index (χ0) is 33.2. The molecule has 2 amide bonds. The molecule has 1 aromatic heterocycles. The molecule has 0 saturated carbocycles. The first-order valence-corrected chi connectivity index (χ1v) is 15.8. The van der Waals surface area contributed by atoms with Crippen molar-refractivity contribution in [2.45, 2.75) is 70.0 Å². The highest BCUT2D eigenvalue weighted by molar-refractivity contribution is 5.98. The van der Waals surface area contributed by atoms with E-state index < -0.39 is 53.7 Å². The van der Waals surface area contributed by atoms with Gasteiger partial charge in [0.2, 0.25) is 23.6 Å². The lowest BCUT2D eigenvalue weighted by molar-refractivity contribution is -0.142. The number of aliphatic hydroxyl groups excluding tert-OH is 1. The standard InChI is InChI=1S/C34H37N5O8/c1-15(2)24-31-39-25(30-36-22(14-45-30)32(43)44-5)27(47-31)34-18-8-6-7-9-20(18)37-33(34)46-23-11-10-17(12-19(23)34)13-21(28(41)38-24)35-29(42)26(40)16(3)4/h6-12,15-16,21-22,24,26,33,37,40H,13-14H2,1-5H3,(H,35,42)(H,38,41)/t21?,22-,24-,26-,33?,34?/m0/s1. The van der Waals surface area contributed by atoms with Gasteiger partial charge in [0.25, 0.3) is 0 Å². The minimum absolute atomic E-state index is 0.0277. The molecule has 0 aliphatic carbocycles. The summed E-state index contributed by atoms with van der Waals surface area (Å²) >= 11 is 0. The molecule has 4 bridgehead atoms. The molecule has 13 heteroatoms. The van der Waals surface area contributed by atoms with Crippen LogP contribution in [0.1, 0.15) is 67.8 Å². The van der Waals surface area contributed by atoms with Gasteiger partial charge in [-0.05, 0) is 35.1 Å². The van der Waals surface area contributed by atoms with E-state index in [2.05, 4.69) is 20.9 Å². The third-order valence-electron chi connectivity index (χ3n) is 9.28.